The van der Waals surface area contributed by atoms with Crippen LogP contribution < -0.4 is 0 Å². The van der Waals surface area contributed by atoms with Gasteiger partial charge in [-0.05, 0) is 0 Å². The van der Waals surface area contributed by atoms with Crippen LogP contribution in [0.3, 0.4) is 0 Å². The molecule has 0 nitrogen and oxygen atoms in total. The second-order valence-corrected chi connectivity index (χ2v) is 3.71. The van der Waals surface area contributed by atoms with Gasteiger partial charge in [-0.3, -0.25) is 0 Å². The van der Waals surface area contributed by atoms with Crippen LogP contribution in [0.25, 0.3) is 0 Å². The van der Waals surface area contributed by atoms with E-state index in [0.29, 0.717) is 0 Å². The molecule has 0 N–H and O–H groups in total. The van der Waals surface area contributed by atoms with E-state index in [1.54, 1.807) is 0 Å². The summed E-state index contributed by atoms with van der Waals surface area (Å²) in [5, 5.41) is 2.86. The number of unbranched alkanes of at least 4 members (excludes halogenated alkanes) is 1. The average Bonchev–Trinajstić information content (AvgIpc) is 1.61. The fraction of sp³-hybridized carbons (Fsp3) is 1.00. The summed E-state index contributed by atoms with van der Waals surface area (Å²) in [5.74, 6) is 0. The second kappa shape index (κ2) is 6.12. The molecule has 0 spiro atoms. The molecule has 0 bridgehead atoms. The van der Waals surface area contributed by atoms with Gasteiger partial charge in [-0.1, -0.05) is 0 Å². The van der Waals surface area contributed by atoms with E-state index >= 15 is 0 Å². The van der Waals surface area contributed by atoms with E-state index in [9.17, 15) is 0 Å². The van der Waals surface area contributed by atoms with Crippen molar-refractivity contribution in [3.8, 4) is 0 Å². The average molecular weight is 210 g/mol. The summed E-state index contributed by atoms with van der Waals surface area (Å²) in [6.07, 6.45) is 2.91. The van der Waals surface area contributed by atoms with E-state index in [1.807, 2.05) is 33.7 Å². The topological polar surface area (TPSA) is 0 Å². The quantitative estimate of drug-likeness (QED) is 0.449. The molecule has 0 aliphatic rings. The summed E-state index contributed by atoms with van der Waals surface area (Å²) in [4.78, 5) is 0. The maximum atomic E-state index is 1.87. The Labute approximate surface area is 57.1 Å². The van der Waals surface area contributed by atoms with Gasteiger partial charge in [0.05, 0.1) is 0 Å². The van der Waals surface area contributed by atoms with Crippen molar-refractivity contribution in [1.82, 2.24) is 0 Å². The Kier molecular flexibility index (Phi) is 7.26. The van der Waals surface area contributed by atoms with E-state index in [0.717, 1.165) is 0 Å². The van der Waals surface area contributed by atoms with Gasteiger partial charge < -0.3 is 0 Å². The van der Waals surface area contributed by atoms with E-state index < -0.39 is 0 Å². The van der Waals surface area contributed by atoms with Gasteiger partial charge in [0.15, 0.2) is 0 Å². The molecule has 0 radical (unpaired) electrons. The van der Waals surface area contributed by atoms with Gasteiger partial charge in [-0.25, -0.2) is 0 Å². The van der Waals surface area contributed by atoms with E-state index in [2.05, 4.69) is 0 Å². The van der Waals surface area contributed by atoms with Gasteiger partial charge in [0.1, 0.15) is 0 Å². The summed E-state index contributed by atoms with van der Waals surface area (Å²) < 4.78 is 0. The minimum absolute atomic E-state index is 1.43. The molecule has 6 heavy (non-hydrogen) atoms. The summed E-state index contributed by atoms with van der Waals surface area (Å²) in [6, 6.07) is 0. The Bertz CT molecular complexity index is 17.5. The molecule has 2 unspecified atom stereocenters. The van der Waals surface area contributed by atoms with Crippen molar-refractivity contribution >= 4 is 33.7 Å². The van der Waals surface area contributed by atoms with Crippen LogP contribution in [-0.4, -0.2) is 33.7 Å². The van der Waals surface area contributed by atoms with Crippen molar-refractivity contribution < 1.29 is 0 Å². The second-order valence-electron chi connectivity index (χ2n) is 1.28. The van der Waals surface area contributed by atoms with E-state index in [4.69, 9.17) is 0 Å². The fourth-order valence-corrected chi connectivity index (χ4v) is 1.50. The Hall–Kier alpha value is 1.12. The van der Waals surface area contributed by atoms with Crippen LogP contribution in [0.15, 0.2) is 0 Å². The Morgan fingerprint density at radius 1 is 0.833 bits per heavy atom. The van der Waals surface area contributed by atoms with Gasteiger partial charge >= 0.3 is 57.0 Å². The third kappa shape index (κ3) is 5.12. The van der Waals surface area contributed by atoms with Crippen LogP contribution in [0, 0.1) is 0 Å². The van der Waals surface area contributed by atoms with Crippen LogP contribution in [0.5, 0.6) is 0 Å². The van der Waals surface area contributed by atoms with E-state index in [-0.39, 0.29) is 0 Å². The third-order valence-corrected chi connectivity index (χ3v) is 2.37. The summed E-state index contributed by atoms with van der Waals surface area (Å²) >= 11 is 3.73. The molecular weight excluding hydrogens is 198 g/mol. The van der Waals surface area contributed by atoms with Crippen LogP contribution >= 0.6 is 0 Å². The molecule has 0 saturated heterocycles. The van der Waals surface area contributed by atoms with Gasteiger partial charge in [0.2, 0.25) is 0 Å². The predicted molar refractivity (Wildman–Crippen MR) is 35.9 cm³/mol. The van der Waals surface area contributed by atoms with Crippen molar-refractivity contribution in [3.63, 3.8) is 0 Å². The molecule has 0 rings (SSSR count). The van der Waals surface area contributed by atoms with Gasteiger partial charge in [-0.15, -0.1) is 0 Å². The molecule has 0 amide bonds. The van der Waals surface area contributed by atoms with Gasteiger partial charge in [0.25, 0.3) is 0 Å². The first-order chi connectivity index (χ1) is 2.91. The van der Waals surface area contributed by atoms with Crippen molar-refractivity contribution in [3.05, 3.63) is 0 Å². The molecular formula is C4H12As2. The Morgan fingerprint density at radius 2 is 1.17 bits per heavy atom. The summed E-state index contributed by atoms with van der Waals surface area (Å²) in [6.45, 7) is 0. The number of rotatable bonds is 3. The molecule has 0 aliphatic heterocycles. The monoisotopic (exact) mass is 210 g/mol. The molecule has 2 atom stereocenters. The predicted octanol–water partition coefficient (Wildman–Crippen LogP) is -0.131. The molecule has 0 aliphatic carbocycles. The molecule has 0 aromatic heterocycles. The molecule has 2 heteroatoms. The number of hydrogen-bond donors (Lipinski definition) is 0. The third-order valence-electron chi connectivity index (χ3n) is 0.658. The molecule has 0 aromatic carbocycles. The zero-order valence-corrected chi connectivity index (χ0v) is 8.83. The van der Waals surface area contributed by atoms with Crippen molar-refractivity contribution in [1.29, 1.82) is 0 Å². The van der Waals surface area contributed by atoms with Crippen molar-refractivity contribution in [2.75, 3.05) is 0 Å². The first-order valence-electron chi connectivity index (χ1n) is 2.32. The first-order valence-corrected chi connectivity index (χ1v) is 5.74. The van der Waals surface area contributed by atoms with Crippen LogP contribution in [-0.2, 0) is 0 Å². The molecule has 0 heterocycles. The van der Waals surface area contributed by atoms with Gasteiger partial charge in [-0.2, -0.15) is 0 Å². The summed E-state index contributed by atoms with van der Waals surface area (Å²) in [7, 11) is 0. The van der Waals surface area contributed by atoms with Crippen LogP contribution in [0.1, 0.15) is 12.8 Å². The maximum absolute atomic E-state index is 1.87. The van der Waals surface area contributed by atoms with Crippen LogP contribution in [0.2, 0.25) is 10.4 Å². The molecule has 38 valence electrons. The van der Waals surface area contributed by atoms with Crippen molar-refractivity contribution in [2.45, 2.75) is 23.3 Å². The van der Waals surface area contributed by atoms with Gasteiger partial charge in [0, 0.05) is 0 Å². The van der Waals surface area contributed by atoms with E-state index in [1.165, 1.54) is 23.3 Å². The Morgan fingerprint density at radius 3 is 1.33 bits per heavy atom. The number of hydrogen-bond acceptors (Lipinski definition) is 0. The van der Waals surface area contributed by atoms with Crippen molar-refractivity contribution in [2.24, 2.45) is 0 Å². The standard InChI is InChI=1S/C4H12As2/c5-3-1-2-4-6/h1-6H2. The molecule has 0 saturated carbocycles. The molecule has 0 fully saturated rings. The minimum atomic E-state index is 1.43. The zero-order valence-electron chi connectivity index (χ0n) is 3.98. The first kappa shape index (κ1) is 7.12. The van der Waals surface area contributed by atoms with Crippen LogP contribution in [0.4, 0.5) is 0 Å². The zero-order chi connectivity index (χ0) is 4.83. The summed E-state index contributed by atoms with van der Waals surface area (Å²) in [5.41, 5.74) is 0. The SMILES string of the molecule is [AsH2]CCCC[AsH2]. The normalized spacial score (nSPS) is 9.00. The fourth-order valence-electron chi connectivity index (χ4n) is 0.289. The Balaban J connectivity index is 2.34. The molecule has 0 aromatic rings.